The van der Waals surface area contributed by atoms with E-state index in [1.807, 2.05) is 11.4 Å². The first-order valence-corrected chi connectivity index (χ1v) is 7.87. The number of ether oxygens (including phenoxy) is 1. The van der Waals surface area contributed by atoms with Crippen molar-refractivity contribution in [3.05, 3.63) is 52.0 Å². The standard InChI is InChI=1S/C16H20FNOS/c1-2-8-18-11-14-4-3-5-15(17)16(14)19-9-6-13-7-10-20-12-13/h3-5,7,10,12,18H,2,6,8-9,11H2,1H3. The molecular formula is C16H20FNOS. The van der Waals surface area contributed by atoms with Crippen molar-refractivity contribution in [2.45, 2.75) is 26.3 Å². The molecule has 0 amide bonds. The van der Waals surface area contributed by atoms with E-state index in [1.54, 1.807) is 17.4 Å². The molecule has 0 radical (unpaired) electrons. The number of para-hydroxylation sites is 1. The Bertz CT molecular complexity index is 513. The topological polar surface area (TPSA) is 21.3 Å². The molecule has 108 valence electrons. The van der Waals surface area contributed by atoms with Crippen molar-refractivity contribution in [2.75, 3.05) is 13.2 Å². The molecule has 0 saturated heterocycles. The molecule has 20 heavy (non-hydrogen) atoms. The highest BCUT2D eigenvalue weighted by atomic mass is 32.1. The minimum Gasteiger partial charge on any atom is -0.490 e. The van der Waals surface area contributed by atoms with Crippen LogP contribution in [0.3, 0.4) is 0 Å². The Balaban J connectivity index is 1.94. The zero-order valence-corrected chi connectivity index (χ0v) is 12.5. The Morgan fingerprint density at radius 3 is 2.95 bits per heavy atom. The fourth-order valence-corrected chi connectivity index (χ4v) is 2.66. The SMILES string of the molecule is CCCNCc1cccc(F)c1OCCc1ccsc1. The molecule has 1 N–H and O–H groups in total. The van der Waals surface area contributed by atoms with E-state index in [0.29, 0.717) is 18.9 Å². The van der Waals surface area contributed by atoms with E-state index >= 15 is 0 Å². The highest BCUT2D eigenvalue weighted by Crippen LogP contribution is 2.23. The van der Waals surface area contributed by atoms with Gasteiger partial charge in [0.15, 0.2) is 11.6 Å². The average molecular weight is 293 g/mol. The lowest BCUT2D eigenvalue weighted by atomic mass is 10.2. The molecule has 0 bridgehead atoms. The Kier molecular flexibility index (Phi) is 6.02. The van der Waals surface area contributed by atoms with Crippen LogP contribution in [0.2, 0.25) is 0 Å². The summed E-state index contributed by atoms with van der Waals surface area (Å²) in [6.45, 7) is 4.17. The molecule has 4 heteroatoms. The molecule has 0 aliphatic heterocycles. The van der Waals surface area contributed by atoms with Gasteiger partial charge in [-0.1, -0.05) is 19.1 Å². The second-order valence-electron chi connectivity index (χ2n) is 4.63. The van der Waals surface area contributed by atoms with Crippen LogP contribution in [0.5, 0.6) is 5.75 Å². The third-order valence-electron chi connectivity index (χ3n) is 3.01. The second-order valence-corrected chi connectivity index (χ2v) is 5.41. The van der Waals surface area contributed by atoms with Gasteiger partial charge in [0.1, 0.15) is 0 Å². The van der Waals surface area contributed by atoms with Gasteiger partial charge >= 0.3 is 0 Å². The lowest BCUT2D eigenvalue weighted by Gasteiger charge is -2.12. The molecule has 0 unspecified atom stereocenters. The largest absolute Gasteiger partial charge is 0.490 e. The highest BCUT2D eigenvalue weighted by Gasteiger charge is 2.09. The predicted octanol–water partition coefficient (Wildman–Crippen LogP) is 4.01. The summed E-state index contributed by atoms with van der Waals surface area (Å²) in [7, 11) is 0. The van der Waals surface area contributed by atoms with Gasteiger partial charge in [-0.15, -0.1) is 0 Å². The van der Waals surface area contributed by atoms with E-state index in [0.717, 1.165) is 24.9 Å². The van der Waals surface area contributed by atoms with Crippen molar-refractivity contribution in [3.63, 3.8) is 0 Å². The van der Waals surface area contributed by atoms with Crippen molar-refractivity contribution >= 4 is 11.3 Å². The third-order valence-corrected chi connectivity index (χ3v) is 3.74. The average Bonchev–Trinajstić information content (AvgIpc) is 2.95. The van der Waals surface area contributed by atoms with Gasteiger partial charge in [0.2, 0.25) is 0 Å². The van der Waals surface area contributed by atoms with Gasteiger partial charge in [0, 0.05) is 18.5 Å². The molecule has 0 saturated carbocycles. The van der Waals surface area contributed by atoms with Crippen molar-refractivity contribution in [1.82, 2.24) is 5.32 Å². The van der Waals surface area contributed by atoms with E-state index < -0.39 is 0 Å². The van der Waals surface area contributed by atoms with E-state index in [4.69, 9.17) is 4.74 Å². The smallest absolute Gasteiger partial charge is 0.165 e. The summed E-state index contributed by atoms with van der Waals surface area (Å²) in [5.74, 6) is 0.0949. The van der Waals surface area contributed by atoms with Crippen molar-refractivity contribution in [3.8, 4) is 5.75 Å². The molecule has 1 heterocycles. The lowest BCUT2D eigenvalue weighted by molar-refractivity contribution is 0.301. The molecule has 0 spiro atoms. The van der Waals surface area contributed by atoms with E-state index in [9.17, 15) is 4.39 Å². The summed E-state index contributed by atoms with van der Waals surface area (Å²) in [5.41, 5.74) is 2.11. The van der Waals surface area contributed by atoms with Gasteiger partial charge in [0.25, 0.3) is 0 Å². The summed E-state index contributed by atoms with van der Waals surface area (Å²) in [4.78, 5) is 0. The summed E-state index contributed by atoms with van der Waals surface area (Å²) >= 11 is 1.67. The van der Waals surface area contributed by atoms with Gasteiger partial charge in [-0.3, -0.25) is 0 Å². The summed E-state index contributed by atoms with van der Waals surface area (Å²) in [6.07, 6.45) is 1.86. The number of nitrogens with one attached hydrogen (secondary N) is 1. The summed E-state index contributed by atoms with van der Waals surface area (Å²) in [5, 5.41) is 7.41. The van der Waals surface area contributed by atoms with Crippen LogP contribution in [0.4, 0.5) is 4.39 Å². The van der Waals surface area contributed by atoms with Gasteiger partial charge in [0.05, 0.1) is 6.61 Å². The Morgan fingerprint density at radius 2 is 2.20 bits per heavy atom. The highest BCUT2D eigenvalue weighted by molar-refractivity contribution is 7.07. The van der Waals surface area contributed by atoms with Crippen LogP contribution in [-0.2, 0) is 13.0 Å². The predicted molar refractivity (Wildman–Crippen MR) is 81.9 cm³/mol. The molecule has 2 rings (SSSR count). The van der Waals surface area contributed by atoms with Crippen LogP contribution in [0.1, 0.15) is 24.5 Å². The van der Waals surface area contributed by atoms with Crippen LogP contribution in [0, 0.1) is 5.82 Å². The number of halogens is 1. The van der Waals surface area contributed by atoms with Gasteiger partial charge in [-0.25, -0.2) is 4.39 Å². The quantitative estimate of drug-likeness (QED) is 0.743. The first kappa shape index (κ1) is 15.0. The number of benzene rings is 1. The van der Waals surface area contributed by atoms with Crippen LogP contribution >= 0.6 is 11.3 Å². The van der Waals surface area contributed by atoms with Crippen LogP contribution in [-0.4, -0.2) is 13.2 Å². The number of hydrogen-bond acceptors (Lipinski definition) is 3. The van der Waals surface area contributed by atoms with Gasteiger partial charge in [-0.2, -0.15) is 11.3 Å². The maximum absolute atomic E-state index is 13.9. The van der Waals surface area contributed by atoms with Crippen LogP contribution < -0.4 is 10.1 Å². The maximum Gasteiger partial charge on any atom is 0.165 e. The minimum atomic E-state index is -0.286. The molecular weight excluding hydrogens is 273 g/mol. The molecule has 0 aliphatic rings. The molecule has 1 aromatic heterocycles. The number of thiophene rings is 1. The summed E-state index contributed by atoms with van der Waals surface area (Å²) in [6, 6.07) is 7.15. The molecule has 2 aromatic rings. The Hall–Kier alpha value is -1.39. The second kappa shape index (κ2) is 8.02. The molecule has 2 nitrogen and oxygen atoms in total. The minimum absolute atomic E-state index is 0.286. The summed E-state index contributed by atoms with van der Waals surface area (Å²) < 4.78 is 19.5. The van der Waals surface area contributed by atoms with E-state index in [-0.39, 0.29) is 5.82 Å². The molecule has 1 aromatic carbocycles. The zero-order chi connectivity index (χ0) is 14.2. The van der Waals surface area contributed by atoms with Crippen LogP contribution in [0.25, 0.3) is 0 Å². The molecule has 0 aliphatic carbocycles. The fourth-order valence-electron chi connectivity index (χ4n) is 1.96. The number of rotatable bonds is 8. The monoisotopic (exact) mass is 293 g/mol. The van der Waals surface area contributed by atoms with Crippen molar-refractivity contribution in [1.29, 1.82) is 0 Å². The van der Waals surface area contributed by atoms with E-state index in [2.05, 4.69) is 23.7 Å². The zero-order valence-electron chi connectivity index (χ0n) is 11.7. The number of hydrogen-bond donors (Lipinski definition) is 1. The lowest BCUT2D eigenvalue weighted by Crippen LogP contribution is -2.15. The van der Waals surface area contributed by atoms with Gasteiger partial charge in [-0.05, 0) is 41.4 Å². The Morgan fingerprint density at radius 1 is 1.30 bits per heavy atom. The van der Waals surface area contributed by atoms with E-state index in [1.165, 1.54) is 11.6 Å². The normalized spacial score (nSPS) is 10.7. The Labute approximate surface area is 123 Å². The first-order valence-electron chi connectivity index (χ1n) is 6.93. The van der Waals surface area contributed by atoms with Crippen molar-refractivity contribution in [2.24, 2.45) is 0 Å². The van der Waals surface area contributed by atoms with Crippen molar-refractivity contribution < 1.29 is 9.13 Å². The molecule has 0 atom stereocenters. The first-order chi connectivity index (χ1) is 9.81. The molecule has 0 fully saturated rings. The fraction of sp³-hybridized carbons (Fsp3) is 0.375. The van der Waals surface area contributed by atoms with Crippen LogP contribution in [0.15, 0.2) is 35.0 Å². The van der Waals surface area contributed by atoms with Gasteiger partial charge < -0.3 is 10.1 Å². The third kappa shape index (κ3) is 4.32. The maximum atomic E-state index is 13.9.